The Labute approximate surface area is 165 Å². The molecule has 0 atom stereocenters. The molecule has 0 unspecified atom stereocenters. The zero-order chi connectivity index (χ0) is 19.5. The Morgan fingerprint density at radius 1 is 0.821 bits per heavy atom. The lowest BCUT2D eigenvalue weighted by Gasteiger charge is -2.38. The number of hydrogen-bond donors (Lipinski definition) is 0. The second kappa shape index (κ2) is 7.84. The van der Waals surface area contributed by atoms with Crippen LogP contribution in [0.2, 0.25) is 0 Å². The van der Waals surface area contributed by atoms with Crippen LogP contribution in [0.25, 0.3) is 10.8 Å². The number of anilines is 2. The molecule has 4 rings (SSSR count). The highest BCUT2D eigenvalue weighted by Gasteiger charge is 2.25. The first-order valence-corrected chi connectivity index (χ1v) is 9.38. The van der Waals surface area contributed by atoms with Gasteiger partial charge in [0.15, 0.2) is 11.5 Å². The van der Waals surface area contributed by atoms with E-state index in [1.54, 1.807) is 21.3 Å². The van der Waals surface area contributed by atoms with Gasteiger partial charge < -0.3 is 24.0 Å². The summed E-state index contributed by atoms with van der Waals surface area (Å²) in [5, 5.41) is 2.17. The van der Waals surface area contributed by atoms with E-state index in [9.17, 15) is 0 Å². The molecule has 6 nitrogen and oxygen atoms in total. The zero-order valence-corrected chi connectivity index (χ0v) is 16.5. The minimum atomic E-state index is 0.727. The number of para-hydroxylation sites is 2. The maximum atomic E-state index is 5.76. The normalized spacial score (nSPS) is 14.2. The summed E-state index contributed by atoms with van der Waals surface area (Å²) in [6.45, 7) is 3.54. The van der Waals surface area contributed by atoms with E-state index < -0.39 is 0 Å². The van der Waals surface area contributed by atoms with Crippen LogP contribution in [0, 0.1) is 0 Å². The molecule has 0 saturated carbocycles. The first kappa shape index (κ1) is 18.2. The van der Waals surface area contributed by atoms with Gasteiger partial charge in [-0.05, 0) is 24.3 Å². The fourth-order valence-electron chi connectivity index (χ4n) is 3.91. The van der Waals surface area contributed by atoms with Crippen molar-refractivity contribution in [2.75, 3.05) is 57.3 Å². The Balaban J connectivity index is 1.67. The van der Waals surface area contributed by atoms with Crippen LogP contribution >= 0.6 is 0 Å². The van der Waals surface area contributed by atoms with E-state index in [0.29, 0.717) is 0 Å². The highest BCUT2D eigenvalue weighted by atomic mass is 16.5. The third-order valence-corrected chi connectivity index (χ3v) is 5.28. The van der Waals surface area contributed by atoms with Gasteiger partial charge >= 0.3 is 0 Å². The van der Waals surface area contributed by atoms with Gasteiger partial charge in [-0.3, -0.25) is 4.98 Å². The molecule has 1 aliphatic heterocycles. The number of hydrogen-bond acceptors (Lipinski definition) is 6. The van der Waals surface area contributed by atoms with Crippen molar-refractivity contribution in [3.8, 4) is 17.2 Å². The van der Waals surface area contributed by atoms with E-state index >= 15 is 0 Å². The van der Waals surface area contributed by atoms with E-state index in [2.05, 4.69) is 26.9 Å². The van der Waals surface area contributed by atoms with Crippen molar-refractivity contribution >= 4 is 22.1 Å². The highest BCUT2D eigenvalue weighted by Crippen LogP contribution is 2.44. The summed E-state index contributed by atoms with van der Waals surface area (Å²) >= 11 is 0. The number of nitrogens with zero attached hydrogens (tertiary/aromatic N) is 3. The molecule has 0 bridgehead atoms. The van der Waals surface area contributed by atoms with Gasteiger partial charge in [0.25, 0.3) is 0 Å². The van der Waals surface area contributed by atoms with Crippen molar-refractivity contribution in [3.05, 3.63) is 48.8 Å². The minimum Gasteiger partial charge on any atom is -0.495 e. The Morgan fingerprint density at radius 3 is 2.25 bits per heavy atom. The van der Waals surface area contributed by atoms with Crippen LogP contribution in [0.15, 0.2) is 48.8 Å². The van der Waals surface area contributed by atoms with Crippen molar-refractivity contribution in [3.63, 3.8) is 0 Å². The van der Waals surface area contributed by atoms with Gasteiger partial charge in [0.1, 0.15) is 5.75 Å². The summed E-state index contributed by atoms with van der Waals surface area (Å²) in [6.07, 6.45) is 3.69. The quantitative estimate of drug-likeness (QED) is 0.675. The Morgan fingerprint density at radius 2 is 1.54 bits per heavy atom. The summed E-state index contributed by atoms with van der Waals surface area (Å²) in [5.41, 5.74) is 2.20. The van der Waals surface area contributed by atoms with E-state index in [0.717, 1.165) is 65.6 Å². The summed E-state index contributed by atoms with van der Waals surface area (Å²) < 4.78 is 16.9. The monoisotopic (exact) mass is 379 g/mol. The van der Waals surface area contributed by atoms with Crippen molar-refractivity contribution in [1.82, 2.24) is 4.98 Å². The number of fused-ring (bicyclic) bond motifs is 1. The lowest BCUT2D eigenvalue weighted by atomic mass is 10.1. The number of methoxy groups -OCH3 is 3. The third kappa shape index (κ3) is 3.15. The van der Waals surface area contributed by atoms with Crippen LogP contribution < -0.4 is 24.0 Å². The van der Waals surface area contributed by atoms with Crippen molar-refractivity contribution in [2.24, 2.45) is 0 Å². The molecule has 1 saturated heterocycles. The standard InChI is InChI=1S/C22H25N3O3/c1-26-19-7-5-4-6-18(19)24-10-12-25(13-11-24)21-17-8-9-23-15-16(17)14-20(27-2)22(21)28-3/h4-9,14-15H,10-13H2,1-3H3. The van der Waals surface area contributed by atoms with Crippen molar-refractivity contribution < 1.29 is 14.2 Å². The highest BCUT2D eigenvalue weighted by molar-refractivity contribution is 5.99. The topological polar surface area (TPSA) is 47.1 Å². The van der Waals surface area contributed by atoms with Crippen LogP contribution in [0.3, 0.4) is 0 Å². The first-order chi connectivity index (χ1) is 13.8. The molecule has 28 heavy (non-hydrogen) atoms. The molecule has 0 aliphatic carbocycles. The van der Waals surface area contributed by atoms with Crippen molar-refractivity contribution in [1.29, 1.82) is 0 Å². The summed E-state index contributed by atoms with van der Waals surface area (Å²) in [6, 6.07) is 12.2. The first-order valence-electron chi connectivity index (χ1n) is 9.38. The number of benzene rings is 2. The molecular formula is C22H25N3O3. The van der Waals surface area contributed by atoms with E-state index in [1.807, 2.05) is 36.7 Å². The molecular weight excluding hydrogens is 354 g/mol. The molecule has 0 N–H and O–H groups in total. The summed E-state index contributed by atoms with van der Waals surface area (Å²) in [7, 11) is 5.08. The fraction of sp³-hybridized carbons (Fsp3) is 0.318. The second-order valence-electron chi connectivity index (χ2n) is 6.70. The average Bonchev–Trinajstić information content (AvgIpc) is 2.77. The van der Waals surface area contributed by atoms with Gasteiger partial charge in [0.05, 0.1) is 32.7 Å². The van der Waals surface area contributed by atoms with Gasteiger partial charge in [-0.15, -0.1) is 0 Å². The number of aromatic nitrogens is 1. The van der Waals surface area contributed by atoms with Gasteiger partial charge in [-0.25, -0.2) is 0 Å². The number of ether oxygens (including phenoxy) is 3. The van der Waals surface area contributed by atoms with Crippen molar-refractivity contribution in [2.45, 2.75) is 0 Å². The number of pyridine rings is 1. The number of piperazine rings is 1. The molecule has 2 aromatic carbocycles. The fourth-order valence-corrected chi connectivity index (χ4v) is 3.91. The summed E-state index contributed by atoms with van der Waals surface area (Å²) in [4.78, 5) is 9.00. The Hall–Kier alpha value is -3.15. The lowest BCUT2D eigenvalue weighted by molar-refractivity contribution is 0.355. The molecule has 0 amide bonds. The summed E-state index contributed by atoms with van der Waals surface area (Å²) in [5.74, 6) is 2.41. The predicted octanol–water partition coefficient (Wildman–Crippen LogP) is 3.59. The molecule has 1 aliphatic rings. The molecule has 2 heterocycles. The Bertz CT molecular complexity index is 968. The van der Waals surface area contributed by atoms with Gasteiger partial charge in [0.2, 0.25) is 0 Å². The van der Waals surface area contributed by atoms with Crippen LogP contribution in [-0.2, 0) is 0 Å². The molecule has 0 radical (unpaired) electrons. The second-order valence-corrected chi connectivity index (χ2v) is 6.70. The smallest absolute Gasteiger partial charge is 0.184 e. The third-order valence-electron chi connectivity index (χ3n) is 5.28. The van der Waals surface area contributed by atoms with Crippen LogP contribution in [-0.4, -0.2) is 52.5 Å². The number of rotatable bonds is 5. The van der Waals surface area contributed by atoms with E-state index in [-0.39, 0.29) is 0 Å². The average molecular weight is 379 g/mol. The molecule has 1 aromatic heterocycles. The van der Waals surface area contributed by atoms with Gasteiger partial charge in [-0.1, -0.05) is 12.1 Å². The van der Waals surface area contributed by atoms with Crippen LogP contribution in [0.5, 0.6) is 17.2 Å². The largest absolute Gasteiger partial charge is 0.495 e. The van der Waals surface area contributed by atoms with Crippen LogP contribution in [0.4, 0.5) is 11.4 Å². The minimum absolute atomic E-state index is 0.727. The zero-order valence-electron chi connectivity index (χ0n) is 16.5. The maximum absolute atomic E-state index is 5.76. The lowest BCUT2D eigenvalue weighted by Crippen LogP contribution is -2.46. The molecule has 1 fully saturated rings. The molecule has 146 valence electrons. The van der Waals surface area contributed by atoms with Gasteiger partial charge in [0, 0.05) is 49.3 Å². The predicted molar refractivity (Wildman–Crippen MR) is 112 cm³/mol. The Kier molecular flexibility index (Phi) is 5.10. The SMILES string of the molecule is COc1ccccc1N1CCN(c2c(OC)c(OC)cc3cnccc23)CC1. The molecule has 6 heteroatoms. The van der Waals surface area contributed by atoms with Crippen LogP contribution in [0.1, 0.15) is 0 Å². The maximum Gasteiger partial charge on any atom is 0.184 e. The molecule has 0 spiro atoms. The van der Waals surface area contributed by atoms with E-state index in [1.165, 1.54) is 0 Å². The van der Waals surface area contributed by atoms with E-state index in [4.69, 9.17) is 14.2 Å². The molecule has 3 aromatic rings. The van der Waals surface area contributed by atoms with Gasteiger partial charge in [-0.2, -0.15) is 0 Å².